The largest absolute Gasteiger partial charge is 0.593 e. The van der Waals surface area contributed by atoms with Gasteiger partial charge in [-0.1, -0.05) is 34.5 Å². The van der Waals surface area contributed by atoms with Gasteiger partial charge in [0.25, 0.3) is 0 Å². The van der Waals surface area contributed by atoms with Crippen molar-refractivity contribution in [2.24, 2.45) is 5.92 Å². The minimum atomic E-state index is -3.89. The van der Waals surface area contributed by atoms with Crippen molar-refractivity contribution in [3.05, 3.63) is 90.5 Å². The van der Waals surface area contributed by atoms with E-state index in [9.17, 15) is 17.9 Å². The van der Waals surface area contributed by atoms with Gasteiger partial charge in [0.1, 0.15) is 5.82 Å². The Kier molecular flexibility index (Phi) is 5.72. The van der Waals surface area contributed by atoms with Crippen molar-refractivity contribution in [3.63, 3.8) is 0 Å². The summed E-state index contributed by atoms with van der Waals surface area (Å²) in [4.78, 5) is 16.8. The van der Waals surface area contributed by atoms with Gasteiger partial charge in [0.05, 0.1) is 24.7 Å². The van der Waals surface area contributed by atoms with Gasteiger partial charge in [0, 0.05) is 11.9 Å². The van der Waals surface area contributed by atoms with Crippen LogP contribution in [0.2, 0.25) is 0 Å². The number of para-hydroxylation sites is 1. The number of hydrogen-bond donors (Lipinski definition) is 1. The zero-order valence-electron chi connectivity index (χ0n) is 16.0. The van der Waals surface area contributed by atoms with Crippen LogP contribution < -0.4 is 5.32 Å². The Morgan fingerprint density at radius 3 is 2.50 bits per heavy atom. The SMILES string of the molecule is O=C(Nc1ccccc1)[C@@H]1C[C@@H](c2ccc(F)cc2)N([S+](=O)([O-])c2cccnc2)C1. The quantitative estimate of drug-likeness (QED) is 0.630. The first-order valence-electron chi connectivity index (χ1n) is 9.48. The van der Waals surface area contributed by atoms with Crippen LogP contribution in [0, 0.1) is 11.7 Å². The van der Waals surface area contributed by atoms with E-state index >= 15 is 0 Å². The van der Waals surface area contributed by atoms with E-state index in [1.807, 2.05) is 18.2 Å². The summed E-state index contributed by atoms with van der Waals surface area (Å²) in [5.74, 6) is -1.21. The predicted octanol–water partition coefficient (Wildman–Crippen LogP) is 3.83. The molecule has 2 heterocycles. The molecule has 1 aliphatic rings. The molecule has 3 aromatic rings. The molecule has 1 fully saturated rings. The normalized spacial score (nSPS) is 21.1. The molecular weight excluding hydrogens is 405 g/mol. The smallest absolute Gasteiger partial charge is 0.229 e. The minimum Gasteiger partial charge on any atom is -0.593 e. The monoisotopic (exact) mass is 425 g/mol. The van der Waals surface area contributed by atoms with Gasteiger partial charge in [-0.15, -0.1) is 4.31 Å². The van der Waals surface area contributed by atoms with Gasteiger partial charge in [-0.2, -0.15) is 0 Å². The fraction of sp³-hybridized carbons (Fsp3) is 0.182. The molecule has 0 bridgehead atoms. The molecule has 0 radical (unpaired) electrons. The Bertz CT molecular complexity index is 1060. The van der Waals surface area contributed by atoms with Crippen molar-refractivity contribution in [3.8, 4) is 0 Å². The van der Waals surface area contributed by atoms with Gasteiger partial charge >= 0.3 is 0 Å². The van der Waals surface area contributed by atoms with Gasteiger partial charge in [-0.3, -0.25) is 9.78 Å². The van der Waals surface area contributed by atoms with Crippen LogP contribution in [0.1, 0.15) is 18.0 Å². The summed E-state index contributed by atoms with van der Waals surface area (Å²) in [6.07, 6.45) is 3.08. The molecule has 6 nitrogen and oxygen atoms in total. The molecule has 1 aromatic heterocycles. The molecule has 0 saturated carbocycles. The number of sulfonamides is 1. The van der Waals surface area contributed by atoms with Crippen LogP contribution in [0.5, 0.6) is 0 Å². The van der Waals surface area contributed by atoms with Gasteiger partial charge in [0.15, 0.2) is 15.3 Å². The first kappa shape index (κ1) is 20.3. The Labute approximate surface area is 175 Å². The van der Waals surface area contributed by atoms with Crippen molar-refractivity contribution in [2.75, 3.05) is 11.9 Å². The van der Waals surface area contributed by atoms with E-state index in [4.69, 9.17) is 0 Å². The van der Waals surface area contributed by atoms with E-state index in [0.29, 0.717) is 17.7 Å². The number of nitrogens with one attached hydrogen (secondary N) is 1. The number of anilines is 1. The van der Waals surface area contributed by atoms with E-state index in [1.165, 1.54) is 34.9 Å². The number of carbonyl (C=O) groups is 1. The number of pyridine rings is 1. The first-order chi connectivity index (χ1) is 14.4. The standard InChI is InChI=1S/C22H20FN3O3S/c23-18-10-8-16(9-11-18)21-13-17(22(27)25-19-5-2-1-3-6-19)15-26(21)30(28,29)20-7-4-12-24-14-20/h1-12,14,17,21H,13,15H2,(H-,25,27,28,29)/t17-,21+/m1/s1. The second kappa shape index (κ2) is 8.43. The number of carbonyl (C=O) groups excluding carboxylic acids is 1. The van der Waals surface area contributed by atoms with Crippen molar-refractivity contribution in [1.29, 1.82) is 0 Å². The average molecular weight is 425 g/mol. The third-order valence-corrected chi connectivity index (χ3v) is 7.02. The number of hydrogen-bond acceptors (Lipinski definition) is 4. The average Bonchev–Trinajstić information content (AvgIpc) is 3.22. The summed E-state index contributed by atoms with van der Waals surface area (Å²) in [6, 6.07) is 17.2. The number of amides is 1. The van der Waals surface area contributed by atoms with Crippen LogP contribution in [0.25, 0.3) is 0 Å². The van der Waals surface area contributed by atoms with E-state index in [0.717, 1.165) is 0 Å². The van der Waals surface area contributed by atoms with Crippen LogP contribution in [-0.2, 0) is 19.4 Å². The van der Waals surface area contributed by atoms with Gasteiger partial charge in [-0.25, -0.2) is 4.39 Å². The fourth-order valence-corrected chi connectivity index (χ4v) is 5.28. The maximum atomic E-state index is 13.4. The lowest BCUT2D eigenvalue weighted by molar-refractivity contribution is -0.119. The van der Waals surface area contributed by atoms with E-state index in [1.54, 1.807) is 30.3 Å². The summed E-state index contributed by atoms with van der Waals surface area (Å²) < 4.78 is 41.3. The van der Waals surface area contributed by atoms with E-state index in [-0.39, 0.29) is 17.3 Å². The summed E-state index contributed by atoms with van der Waals surface area (Å²) in [5, 5.41) is 2.84. The molecule has 2 aromatic carbocycles. The number of rotatable bonds is 5. The van der Waals surface area contributed by atoms with Crippen LogP contribution in [0.4, 0.5) is 10.1 Å². The summed E-state index contributed by atoms with van der Waals surface area (Å²) in [6.45, 7) is 0.0257. The highest BCUT2D eigenvalue weighted by Crippen LogP contribution is 2.41. The molecular formula is C22H20FN3O3S. The molecule has 3 atom stereocenters. The molecule has 8 heteroatoms. The van der Waals surface area contributed by atoms with Gasteiger partial charge in [-0.05, 0) is 48.4 Å². The van der Waals surface area contributed by atoms with Gasteiger partial charge < -0.3 is 9.87 Å². The molecule has 1 N–H and O–H groups in total. The molecule has 1 aliphatic heterocycles. The summed E-state index contributed by atoms with van der Waals surface area (Å²) >= 11 is 0. The Hall–Kier alpha value is -2.94. The number of benzene rings is 2. The second-order valence-electron chi connectivity index (χ2n) is 7.12. The lowest BCUT2D eigenvalue weighted by Gasteiger charge is -2.28. The van der Waals surface area contributed by atoms with Crippen LogP contribution in [-0.4, -0.2) is 26.3 Å². The number of aromatic nitrogens is 1. The molecule has 0 aliphatic carbocycles. The molecule has 30 heavy (non-hydrogen) atoms. The van der Waals surface area contributed by atoms with Crippen molar-refractivity contribution < 1.29 is 17.9 Å². The Balaban J connectivity index is 1.64. The van der Waals surface area contributed by atoms with Crippen molar-refractivity contribution in [2.45, 2.75) is 17.4 Å². The van der Waals surface area contributed by atoms with Crippen molar-refractivity contribution in [1.82, 2.24) is 9.29 Å². The Morgan fingerprint density at radius 2 is 1.83 bits per heavy atom. The summed E-state index contributed by atoms with van der Waals surface area (Å²) in [7, 11) is -3.89. The highest BCUT2D eigenvalue weighted by Gasteiger charge is 2.47. The van der Waals surface area contributed by atoms with Crippen molar-refractivity contribution >= 4 is 22.0 Å². The number of nitrogens with zero attached hydrogens (tertiary/aromatic N) is 2. The third kappa shape index (κ3) is 4.16. The maximum Gasteiger partial charge on any atom is 0.229 e. The molecule has 4 rings (SSSR count). The molecule has 1 unspecified atom stereocenters. The lowest BCUT2D eigenvalue weighted by Crippen LogP contribution is -2.37. The topological polar surface area (TPSA) is 85.4 Å². The summed E-state index contributed by atoms with van der Waals surface area (Å²) in [5.41, 5.74) is 1.29. The van der Waals surface area contributed by atoms with Crippen LogP contribution in [0.15, 0.2) is 84.0 Å². The highest BCUT2D eigenvalue weighted by atomic mass is 32.3. The van der Waals surface area contributed by atoms with Gasteiger partial charge in [0.2, 0.25) is 5.91 Å². The molecule has 0 spiro atoms. The first-order valence-corrected chi connectivity index (χ1v) is 10.9. The Morgan fingerprint density at radius 1 is 1.10 bits per heavy atom. The maximum absolute atomic E-state index is 13.4. The lowest BCUT2D eigenvalue weighted by atomic mass is 9.99. The van der Waals surface area contributed by atoms with E-state index in [2.05, 4.69) is 10.3 Å². The third-order valence-electron chi connectivity index (χ3n) is 5.16. The number of halogens is 1. The second-order valence-corrected chi connectivity index (χ2v) is 9.01. The highest BCUT2D eigenvalue weighted by molar-refractivity contribution is 7.95. The minimum absolute atomic E-state index is 0.0257. The predicted molar refractivity (Wildman–Crippen MR) is 110 cm³/mol. The molecule has 1 saturated heterocycles. The molecule has 1 amide bonds. The van der Waals surface area contributed by atoms with Crippen LogP contribution >= 0.6 is 0 Å². The molecule has 154 valence electrons. The van der Waals surface area contributed by atoms with Crippen LogP contribution in [0.3, 0.4) is 0 Å². The van der Waals surface area contributed by atoms with E-state index < -0.39 is 28.2 Å². The zero-order chi connectivity index (χ0) is 21.1. The zero-order valence-corrected chi connectivity index (χ0v) is 16.8. The fourth-order valence-electron chi connectivity index (χ4n) is 3.65.